The Kier molecular flexibility index (Phi) is 5.81. The van der Waals surface area contributed by atoms with E-state index in [9.17, 15) is 14.9 Å². The third-order valence-corrected chi connectivity index (χ3v) is 4.81. The Balaban J connectivity index is 1.37. The van der Waals surface area contributed by atoms with Crippen molar-refractivity contribution in [3.8, 4) is 16.9 Å². The number of non-ortho nitro benzene ring substituents is 1. The van der Waals surface area contributed by atoms with Gasteiger partial charge in [0.15, 0.2) is 0 Å². The van der Waals surface area contributed by atoms with Gasteiger partial charge in [-0.15, -0.1) is 0 Å². The van der Waals surface area contributed by atoms with Crippen LogP contribution in [0.15, 0.2) is 77.8 Å². The molecule has 4 aromatic rings. The molecule has 2 aromatic carbocycles. The summed E-state index contributed by atoms with van der Waals surface area (Å²) >= 11 is 1.61. The van der Waals surface area contributed by atoms with Gasteiger partial charge in [-0.25, -0.2) is 14.8 Å². The van der Waals surface area contributed by atoms with Crippen molar-refractivity contribution >= 4 is 40.4 Å². The first-order chi connectivity index (χ1) is 15.1. The van der Waals surface area contributed by atoms with Crippen LogP contribution >= 0.6 is 11.3 Å². The number of rotatable bonds is 6. The number of thiophene rings is 1. The maximum Gasteiger partial charge on any atom is 0.417 e. The SMILES string of the molecule is O=C(Nc1cccc(Nc2ncc(-c3ccsc3)cn2)c1)Oc1ccc([N+](=O)[O-])cc1. The minimum atomic E-state index is -0.720. The number of ether oxygens (including phenoxy) is 1. The third kappa shape index (κ3) is 5.19. The summed E-state index contributed by atoms with van der Waals surface area (Å²) in [7, 11) is 0. The van der Waals surface area contributed by atoms with Gasteiger partial charge in [-0.05, 0) is 52.7 Å². The number of nitrogens with one attached hydrogen (secondary N) is 2. The quantitative estimate of drug-likeness (QED) is 0.306. The van der Waals surface area contributed by atoms with E-state index in [1.54, 1.807) is 41.9 Å². The lowest BCUT2D eigenvalue weighted by atomic mass is 10.2. The van der Waals surface area contributed by atoms with Crippen molar-refractivity contribution in [1.82, 2.24) is 9.97 Å². The van der Waals surface area contributed by atoms with Crippen LogP contribution in [0.4, 0.5) is 27.8 Å². The zero-order valence-corrected chi connectivity index (χ0v) is 16.7. The number of hydrogen-bond acceptors (Lipinski definition) is 8. The average molecular weight is 433 g/mol. The van der Waals surface area contributed by atoms with Gasteiger partial charge >= 0.3 is 6.09 Å². The topological polar surface area (TPSA) is 119 Å². The first kappa shape index (κ1) is 20.0. The highest BCUT2D eigenvalue weighted by Crippen LogP contribution is 2.23. The van der Waals surface area contributed by atoms with E-state index >= 15 is 0 Å². The molecular formula is C21H15N5O4S. The molecule has 4 rings (SSSR count). The molecule has 0 saturated carbocycles. The maximum atomic E-state index is 12.1. The molecule has 2 N–H and O–H groups in total. The Morgan fingerprint density at radius 2 is 1.74 bits per heavy atom. The summed E-state index contributed by atoms with van der Waals surface area (Å²) in [5.74, 6) is 0.612. The van der Waals surface area contributed by atoms with Crippen LogP contribution in [-0.2, 0) is 0 Å². The summed E-state index contributed by atoms with van der Waals surface area (Å²) in [6, 6.07) is 14.2. The van der Waals surface area contributed by atoms with E-state index in [1.807, 2.05) is 22.9 Å². The molecule has 0 aliphatic rings. The number of anilines is 3. The van der Waals surface area contributed by atoms with Gasteiger partial charge in [-0.3, -0.25) is 15.4 Å². The van der Waals surface area contributed by atoms with Crippen molar-refractivity contribution in [2.45, 2.75) is 0 Å². The van der Waals surface area contributed by atoms with Crippen LogP contribution in [-0.4, -0.2) is 21.0 Å². The van der Waals surface area contributed by atoms with Gasteiger partial charge in [0.2, 0.25) is 5.95 Å². The lowest BCUT2D eigenvalue weighted by Crippen LogP contribution is -2.16. The Hall–Kier alpha value is -4.31. The lowest BCUT2D eigenvalue weighted by molar-refractivity contribution is -0.384. The van der Waals surface area contributed by atoms with Gasteiger partial charge in [-0.2, -0.15) is 11.3 Å². The number of carbonyl (C=O) groups is 1. The molecule has 2 heterocycles. The van der Waals surface area contributed by atoms with Gasteiger partial charge in [0.05, 0.1) is 4.92 Å². The number of amides is 1. The number of carbonyl (C=O) groups excluding carboxylic acids is 1. The lowest BCUT2D eigenvalue weighted by Gasteiger charge is -2.09. The highest BCUT2D eigenvalue weighted by molar-refractivity contribution is 7.08. The second-order valence-corrected chi connectivity index (χ2v) is 7.06. The zero-order valence-electron chi connectivity index (χ0n) is 15.9. The smallest absolute Gasteiger partial charge is 0.410 e. The summed E-state index contributed by atoms with van der Waals surface area (Å²) in [6.07, 6.45) is 2.75. The Morgan fingerprint density at radius 3 is 2.42 bits per heavy atom. The highest BCUT2D eigenvalue weighted by atomic mass is 32.1. The van der Waals surface area contributed by atoms with E-state index in [2.05, 4.69) is 20.6 Å². The molecule has 0 spiro atoms. The van der Waals surface area contributed by atoms with Gasteiger partial charge in [0.25, 0.3) is 5.69 Å². The molecule has 10 heteroatoms. The van der Waals surface area contributed by atoms with Crippen molar-refractivity contribution < 1.29 is 14.5 Å². The summed E-state index contributed by atoms with van der Waals surface area (Å²) in [6.45, 7) is 0. The first-order valence-corrected chi connectivity index (χ1v) is 9.96. The van der Waals surface area contributed by atoms with Gasteiger partial charge in [-0.1, -0.05) is 6.07 Å². The van der Waals surface area contributed by atoms with Crippen molar-refractivity contribution in [2.24, 2.45) is 0 Å². The van der Waals surface area contributed by atoms with Crippen molar-refractivity contribution in [1.29, 1.82) is 0 Å². The average Bonchev–Trinajstić information content (AvgIpc) is 3.30. The maximum absolute atomic E-state index is 12.1. The van der Waals surface area contributed by atoms with Gasteiger partial charge in [0.1, 0.15) is 5.75 Å². The Bertz CT molecular complexity index is 1200. The monoisotopic (exact) mass is 433 g/mol. The van der Waals surface area contributed by atoms with Crippen LogP contribution < -0.4 is 15.4 Å². The molecule has 0 radical (unpaired) electrons. The van der Waals surface area contributed by atoms with Gasteiger partial charge in [0, 0.05) is 41.5 Å². The standard InChI is InChI=1S/C21H15N5O4S/c27-21(30-19-6-4-18(5-7-19)26(28)29)25-17-3-1-2-16(10-17)24-20-22-11-15(12-23-20)14-8-9-31-13-14/h1-13H,(H,25,27)(H,22,23,24). The molecule has 0 atom stereocenters. The largest absolute Gasteiger partial charge is 0.417 e. The predicted octanol–water partition coefficient (Wildman–Crippen LogP) is 5.47. The second-order valence-electron chi connectivity index (χ2n) is 6.28. The number of nitro benzene ring substituents is 1. The molecule has 0 unspecified atom stereocenters. The third-order valence-electron chi connectivity index (χ3n) is 4.13. The van der Waals surface area contributed by atoms with Crippen molar-refractivity contribution in [3.63, 3.8) is 0 Å². The number of nitro groups is 1. The van der Waals surface area contributed by atoms with E-state index in [0.29, 0.717) is 17.3 Å². The number of benzene rings is 2. The second kappa shape index (κ2) is 9.01. The van der Waals surface area contributed by atoms with Crippen LogP contribution in [0.1, 0.15) is 0 Å². The fourth-order valence-corrected chi connectivity index (χ4v) is 3.33. The molecule has 0 aliphatic carbocycles. The summed E-state index contributed by atoms with van der Waals surface area (Å²) < 4.78 is 5.14. The molecule has 0 fully saturated rings. The summed E-state index contributed by atoms with van der Waals surface area (Å²) in [4.78, 5) is 30.9. The summed E-state index contributed by atoms with van der Waals surface area (Å²) in [5.41, 5.74) is 3.07. The van der Waals surface area contributed by atoms with Crippen molar-refractivity contribution in [2.75, 3.05) is 10.6 Å². The zero-order chi connectivity index (χ0) is 21.6. The van der Waals surface area contributed by atoms with Crippen LogP contribution in [0.5, 0.6) is 5.75 Å². The molecule has 31 heavy (non-hydrogen) atoms. The fraction of sp³-hybridized carbons (Fsp3) is 0. The van der Waals surface area contributed by atoms with E-state index in [-0.39, 0.29) is 11.4 Å². The van der Waals surface area contributed by atoms with Crippen LogP contribution in [0, 0.1) is 10.1 Å². The van der Waals surface area contributed by atoms with E-state index in [4.69, 9.17) is 4.74 Å². The normalized spacial score (nSPS) is 10.3. The molecule has 0 aliphatic heterocycles. The first-order valence-electron chi connectivity index (χ1n) is 9.02. The van der Waals surface area contributed by atoms with Crippen molar-refractivity contribution in [3.05, 3.63) is 87.9 Å². The van der Waals surface area contributed by atoms with E-state index in [0.717, 1.165) is 11.1 Å². The molecule has 9 nitrogen and oxygen atoms in total. The predicted molar refractivity (Wildman–Crippen MR) is 118 cm³/mol. The Morgan fingerprint density at radius 1 is 1.00 bits per heavy atom. The van der Waals surface area contributed by atoms with Crippen LogP contribution in [0.2, 0.25) is 0 Å². The van der Waals surface area contributed by atoms with Gasteiger partial charge < -0.3 is 10.1 Å². The number of hydrogen-bond donors (Lipinski definition) is 2. The molecule has 0 saturated heterocycles. The molecule has 1 amide bonds. The minimum absolute atomic E-state index is 0.0860. The number of aromatic nitrogens is 2. The molecule has 0 bridgehead atoms. The molecule has 154 valence electrons. The fourth-order valence-electron chi connectivity index (χ4n) is 2.66. The van der Waals surface area contributed by atoms with Crippen LogP contribution in [0.3, 0.4) is 0 Å². The van der Waals surface area contributed by atoms with Crippen LogP contribution in [0.25, 0.3) is 11.1 Å². The number of nitrogens with zero attached hydrogens (tertiary/aromatic N) is 3. The molecule has 2 aromatic heterocycles. The minimum Gasteiger partial charge on any atom is -0.410 e. The Labute approximate surface area is 180 Å². The highest BCUT2D eigenvalue weighted by Gasteiger charge is 2.09. The summed E-state index contributed by atoms with van der Waals surface area (Å²) in [5, 5.41) is 20.4. The van der Waals surface area contributed by atoms with E-state index < -0.39 is 11.0 Å². The molecular weight excluding hydrogens is 418 g/mol. The van der Waals surface area contributed by atoms with E-state index in [1.165, 1.54) is 24.3 Å².